The first kappa shape index (κ1) is 19.9. The third-order valence-corrected chi connectivity index (χ3v) is 8.79. The smallest absolute Gasteiger partial charge is 0.190 e. The second-order valence-corrected chi connectivity index (χ2v) is 9.75. The van der Waals surface area contributed by atoms with Crippen LogP contribution in [0.1, 0.15) is 46.5 Å². The average molecular weight is 392 g/mol. The molecule has 0 radical (unpaired) electrons. The maximum atomic E-state index is 16.9. The maximum Gasteiger partial charge on any atom is 0.190 e. The number of fused-ring (bicyclic) bond motifs is 5. The Labute approximate surface area is 164 Å². The summed E-state index contributed by atoms with van der Waals surface area (Å²) in [6.45, 7) is 4.48. The minimum Gasteiger partial charge on any atom is -0.390 e. The van der Waals surface area contributed by atoms with Gasteiger partial charge >= 0.3 is 0 Å². The molecule has 0 unspecified atom stereocenters. The van der Waals surface area contributed by atoms with Gasteiger partial charge < -0.3 is 15.3 Å². The molecule has 0 heterocycles. The first-order chi connectivity index (χ1) is 13.0. The maximum absolute atomic E-state index is 16.9. The minimum atomic E-state index is -1.98. The summed E-state index contributed by atoms with van der Waals surface area (Å²) in [4.78, 5) is 24.4. The van der Waals surface area contributed by atoms with Crippen LogP contribution in [-0.4, -0.2) is 50.9 Å². The van der Waals surface area contributed by atoms with E-state index in [1.54, 1.807) is 26.8 Å². The van der Waals surface area contributed by atoms with Gasteiger partial charge in [-0.2, -0.15) is 0 Å². The highest BCUT2D eigenvalue weighted by Crippen LogP contribution is 2.70. The molecule has 3 fully saturated rings. The van der Waals surface area contributed by atoms with Gasteiger partial charge in [-0.15, -0.1) is 0 Å². The lowest BCUT2D eigenvalue weighted by molar-refractivity contribution is -0.219. The number of carbonyl (C=O) groups is 2. The summed E-state index contributed by atoms with van der Waals surface area (Å²) in [5.41, 5.74) is -5.17. The van der Waals surface area contributed by atoms with Crippen LogP contribution in [0.5, 0.6) is 0 Å². The van der Waals surface area contributed by atoms with Gasteiger partial charge in [0.25, 0.3) is 0 Å². The number of carbonyl (C=O) groups excluding carboxylic acids is 2. The first-order valence-corrected chi connectivity index (χ1v) is 10.1. The normalized spacial score (nSPS) is 52.5. The Morgan fingerprint density at radius 1 is 1.32 bits per heavy atom. The van der Waals surface area contributed by atoms with Crippen molar-refractivity contribution in [2.45, 2.75) is 63.8 Å². The molecule has 4 aliphatic rings. The van der Waals surface area contributed by atoms with E-state index < -0.39 is 52.4 Å². The van der Waals surface area contributed by atoms with Crippen LogP contribution in [0.2, 0.25) is 0 Å². The molecule has 0 amide bonds. The van der Waals surface area contributed by atoms with E-state index in [0.717, 1.165) is 0 Å². The molecule has 0 bridgehead atoms. The molecule has 8 atom stereocenters. The molecule has 4 aliphatic carbocycles. The number of rotatable bonds is 2. The predicted molar refractivity (Wildman–Crippen MR) is 99.9 cm³/mol. The summed E-state index contributed by atoms with van der Waals surface area (Å²) in [6, 6.07) is 0. The fourth-order valence-corrected chi connectivity index (χ4v) is 7.26. The van der Waals surface area contributed by atoms with Gasteiger partial charge in [-0.3, -0.25) is 9.59 Å². The fourth-order valence-electron chi connectivity index (χ4n) is 7.26. The summed E-state index contributed by atoms with van der Waals surface area (Å²) < 4.78 is 16.9. The Balaban J connectivity index is 1.84. The van der Waals surface area contributed by atoms with E-state index in [9.17, 15) is 24.9 Å². The van der Waals surface area contributed by atoms with E-state index in [4.69, 9.17) is 0 Å². The Morgan fingerprint density at radius 2 is 2.00 bits per heavy atom. The highest BCUT2D eigenvalue weighted by atomic mass is 19.1. The summed E-state index contributed by atoms with van der Waals surface area (Å²) in [6.07, 6.45) is 4.44. The number of hydrogen-bond acceptors (Lipinski definition) is 5. The molecule has 0 aromatic carbocycles. The van der Waals surface area contributed by atoms with E-state index in [0.29, 0.717) is 24.8 Å². The third kappa shape index (κ3) is 2.01. The number of hydrogen-bond donors (Lipinski definition) is 3. The third-order valence-electron chi connectivity index (χ3n) is 8.79. The Kier molecular flexibility index (Phi) is 4.15. The molecular weight excluding hydrogens is 363 g/mol. The number of halogens is 1. The monoisotopic (exact) mass is 392 g/mol. The van der Waals surface area contributed by atoms with E-state index in [2.05, 4.69) is 0 Å². The molecular formula is C22H29FO5. The van der Waals surface area contributed by atoms with Crippen molar-refractivity contribution >= 4 is 11.6 Å². The zero-order valence-corrected chi connectivity index (χ0v) is 16.6. The largest absolute Gasteiger partial charge is 0.390 e. The van der Waals surface area contributed by atoms with Crippen LogP contribution in [0, 0.1) is 28.6 Å². The number of aliphatic hydroxyl groups is 3. The Bertz CT molecular complexity index is 805. The topological polar surface area (TPSA) is 94.8 Å². The van der Waals surface area contributed by atoms with Crippen molar-refractivity contribution in [3.8, 4) is 0 Å². The number of aliphatic hydroxyl groups excluding tert-OH is 2. The molecule has 6 heteroatoms. The van der Waals surface area contributed by atoms with Gasteiger partial charge in [0.05, 0.1) is 6.10 Å². The Morgan fingerprint density at radius 3 is 2.64 bits per heavy atom. The molecule has 5 nitrogen and oxygen atoms in total. The SMILES string of the molecule is C[C@@H]1C[C@H]2[C@@H]3CCC4=CC(=O)C=C[C@]4(C)[C@]3(F)[C@@H](O)C[C@]2(C)[C@@]1(O)C(=O)CO. The van der Waals surface area contributed by atoms with Crippen molar-refractivity contribution in [2.24, 2.45) is 28.6 Å². The van der Waals surface area contributed by atoms with Crippen LogP contribution in [0.25, 0.3) is 0 Å². The lowest BCUT2D eigenvalue weighted by atomic mass is 9.44. The quantitative estimate of drug-likeness (QED) is 0.667. The van der Waals surface area contributed by atoms with Crippen LogP contribution in [-0.2, 0) is 9.59 Å². The van der Waals surface area contributed by atoms with Crippen LogP contribution < -0.4 is 0 Å². The molecule has 28 heavy (non-hydrogen) atoms. The van der Waals surface area contributed by atoms with E-state index in [1.807, 2.05) is 0 Å². The summed E-state index contributed by atoms with van der Waals surface area (Å²) >= 11 is 0. The predicted octanol–water partition coefficient (Wildman–Crippen LogP) is 1.90. The van der Waals surface area contributed by atoms with Crippen molar-refractivity contribution < 1.29 is 29.3 Å². The molecule has 0 aromatic heterocycles. The first-order valence-electron chi connectivity index (χ1n) is 10.1. The minimum absolute atomic E-state index is 0.0676. The standard InChI is InChI=1S/C22H29FO5/c1-12-8-16-15-5-4-13-9-14(25)6-7-19(13,2)21(15,23)17(26)10-20(16,3)22(12,28)18(27)11-24/h6-7,9,12,15-17,24,26,28H,4-5,8,10-11H2,1-3H3/t12-,15+,16+,17+,19+,20+,21-,22+/m1/s1. The van der Waals surface area contributed by atoms with Gasteiger partial charge in [0.2, 0.25) is 0 Å². The molecule has 154 valence electrons. The number of ketones is 2. The molecule has 0 saturated heterocycles. The highest BCUT2D eigenvalue weighted by molar-refractivity contribution is 6.01. The van der Waals surface area contributed by atoms with Gasteiger partial charge in [0.1, 0.15) is 12.2 Å². The second-order valence-electron chi connectivity index (χ2n) is 9.75. The van der Waals surface area contributed by atoms with E-state index >= 15 is 4.39 Å². The van der Waals surface area contributed by atoms with Gasteiger partial charge in [-0.1, -0.05) is 25.5 Å². The molecule has 3 saturated carbocycles. The van der Waals surface area contributed by atoms with Crippen LogP contribution in [0.15, 0.2) is 23.8 Å². The molecule has 0 spiro atoms. The zero-order chi connectivity index (χ0) is 20.7. The van der Waals surface area contributed by atoms with Crippen molar-refractivity contribution in [3.05, 3.63) is 23.8 Å². The molecule has 0 aromatic rings. The summed E-state index contributed by atoms with van der Waals surface area (Å²) in [7, 11) is 0. The van der Waals surface area contributed by atoms with Crippen molar-refractivity contribution in [1.29, 1.82) is 0 Å². The van der Waals surface area contributed by atoms with Crippen molar-refractivity contribution in [1.82, 2.24) is 0 Å². The number of alkyl halides is 1. The Hall–Kier alpha value is -1.37. The van der Waals surface area contributed by atoms with Gasteiger partial charge in [0.15, 0.2) is 17.2 Å². The van der Waals surface area contributed by atoms with Gasteiger partial charge in [-0.05, 0) is 56.6 Å². The summed E-state index contributed by atoms with van der Waals surface area (Å²) in [5.74, 6) is -2.12. The zero-order valence-electron chi connectivity index (χ0n) is 16.6. The molecule has 4 rings (SSSR count). The second kappa shape index (κ2) is 5.83. The van der Waals surface area contributed by atoms with Gasteiger partial charge in [-0.25, -0.2) is 4.39 Å². The van der Waals surface area contributed by atoms with Gasteiger partial charge in [0, 0.05) is 16.7 Å². The van der Waals surface area contributed by atoms with Crippen LogP contribution >= 0.6 is 0 Å². The fraction of sp³-hybridized carbons (Fsp3) is 0.727. The molecule has 3 N–H and O–H groups in total. The average Bonchev–Trinajstić information content (AvgIpc) is 2.84. The number of Topliss-reactive ketones (excluding diaryl/α,β-unsaturated/α-hetero) is 1. The van der Waals surface area contributed by atoms with E-state index in [-0.39, 0.29) is 18.1 Å². The van der Waals surface area contributed by atoms with Crippen molar-refractivity contribution in [3.63, 3.8) is 0 Å². The van der Waals surface area contributed by atoms with Crippen LogP contribution in [0.3, 0.4) is 0 Å². The van der Waals surface area contributed by atoms with E-state index in [1.165, 1.54) is 12.2 Å². The number of allylic oxidation sites excluding steroid dienone is 4. The highest BCUT2D eigenvalue weighted by Gasteiger charge is 2.75. The summed E-state index contributed by atoms with van der Waals surface area (Å²) in [5, 5.41) is 32.0. The van der Waals surface area contributed by atoms with Crippen LogP contribution in [0.4, 0.5) is 4.39 Å². The lowest BCUT2D eigenvalue weighted by Gasteiger charge is -2.62. The molecule has 0 aliphatic heterocycles. The lowest BCUT2D eigenvalue weighted by Crippen LogP contribution is -2.69. The van der Waals surface area contributed by atoms with Crippen molar-refractivity contribution in [2.75, 3.05) is 6.61 Å².